The SMILES string of the molecule is Cc1cn(-c2ccc(-c3cc(C)c(N[C@@H](C)c4ccccc4)nn3)nc2CO)cn1. The maximum absolute atomic E-state index is 9.82. The van der Waals surface area contributed by atoms with Gasteiger partial charge in [-0.1, -0.05) is 30.3 Å². The van der Waals surface area contributed by atoms with Crippen molar-refractivity contribution in [3.63, 3.8) is 0 Å². The number of hydrogen-bond donors (Lipinski definition) is 2. The van der Waals surface area contributed by atoms with E-state index in [4.69, 9.17) is 0 Å². The lowest BCUT2D eigenvalue weighted by molar-refractivity contribution is 0.276. The zero-order valence-corrected chi connectivity index (χ0v) is 17.2. The van der Waals surface area contributed by atoms with Crippen LogP contribution < -0.4 is 5.32 Å². The number of anilines is 1. The molecule has 0 bridgehead atoms. The van der Waals surface area contributed by atoms with Gasteiger partial charge < -0.3 is 15.0 Å². The molecule has 1 aromatic carbocycles. The molecule has 2 N–H and O–H groups in total. The number of nitrogens with zero attached hydrogens (tertiary/aromatic N) is 5. The molecule has 7 nitrogen and oxygen atoms in total. The van der Waals surface area contributed by atoms with Crippen molar-refractivity contribution in [2.24, 2.45) is 0 Å². The number of aliphatic hydroxyl groups excluding tert-OH is 1. The second kappa shape index (κ2) is 8.42. The fourth-order valence-electron chi connectivity index (χ4n) is 3.32. The third kappa shape index (κ3) is 4.06. The number of aromatic nitrogens is 5. The minimum Gasteiger partial charge on any atom is -0.390 e. The van der Waals surface area contributed by atoms with Crippen molar-refractivity contribution in [1.82, 2.24) is 24.7 Å². The van der Waals surface area contributed by atoms with Crippen molar-refractivity contribution in [3.05, 3.63) is 83.6 Å². The van der Waals surface area contributed by atoms with Crippen LogP contribution >= 0.6 is 0 Å². The van der Waals surface area contributed by atoms with Crippen molar-refractivity contribution >= 4 is 5.82 Å². The highest BCUT2D eigenvalue weighted by Gasteiger charge is 2.13. The predicted molar refractivity (Wildman–Crippen MR) is 116 cm³/mol. The minimum atomic E-state index is -0.180. The summed E-state index contributed by atoms with van der Waals surface area (Å²) >= 11 is 0. The average molecular weight is 400 g/mol. The van der Waals surface area contributed by atoms with E-state index in [0.717, 1.165) is 22.8 Å². The van der Waals surface area contributed by atoms with Gasteiger partial charge in [0.1, 0.15) is 5.69 Å². The van der Waals surface area contributed by atoms with Crippen molar-refractivity contribution in [1.29, 1.82) is 0 Å². The fraction of sp³-hybridized carbons (Fsp3) is 0.217. The molecule has 0 saturated heterocycles. The molecule has 3 heterocycles. The van der Waals surface area contributed by atoms with E-state index in [9.17, 15) is 5.11 Å². The highest BCUT2D eigenvalue weighted by molar-refractivity contribution is 5.60. The van der Waals surface area contributed by atoms with Crippen LogP contribution in [0.1, 0.15) is 35.5 Å². The third-order valence-electron chi connectivity index (χ3n) is 4.99. The van der Waals surface area contributed by atoms with Gasteiger partial charge in [-0.15, -0.1) is 10.2 Å². The summed E-state index contributed by atoms with van der Waals surface area (Å²) in [6.07, 6.45) is 3.61. The molecule has 152 valence electrons. The van der Waals surface area contributed by atoms with Crippen molar-refractivity contribution in [3.8, 4) is 17.1 Å². The van der Waals surface area contributed by atoms with Crippen LogP contribution in [0.25, 0.3) is 17.1 Å². The topological polar surface area (TPSA) is 88.8 Å². The van der Waals surface area contributed by atoms with E-state index in [0.29, 0.717) is 17.1 Å². The average Bonchev–Trinajstić information content (AvgIpc) is 3.21. The normalized spacial score (nSPS) is 12.0. The first-order valence-electron chi connectivity index (χ1n) is 9.83. The standard InChI is InChI=1S/C23H24N6O/c1-15-11-20(27-28-23(15)25-17(3)18-7-5-4-6-8-18)19-9-10-22(21(13-30)26-19)29-12-16(2)24-14-29/h4-12,14,17,30H,13H2,1-3H3,(H,25,28)/t17-/m0/s1. The Morgan fingerprint density at radius 3 is 2.50 bits per heavy atom. The molecule has 1 atom stereocenters. The van der Waals surface area contributed by atoms with Crippen LogP contribution in [0, 0.1) is 13.8 Å². The lowest BCUT2D eigenvalue weighted by atomic mass is 10.1. The fourth-order valence-corrected chi connectivity index (χ4v) is 3.32. The van der Waals surface area contributed by atoms with Crippen LogP contribution in [0.4, 0.5) is 5.82 Å². The summed E-state index contributed by atoms with van der Waals surface area (Å²) in [5.74, 6) is 0.739. The molecule has 3 aromatic heterocycles. The van der Waals surface area contributed by atoms with Crippen LogP contribution in [-0.4, -0.2) is 29.8 Å². The zero-order valence-electron chi connectivity index (χ0n) is 17.2. The summed E-state index contributed by atoms with van der Waals surface area (Å²) in [7, 11) is 0. The van der Waals surface area contributed by atoms with Gasteiger partial charge in [-0.2, -0.15) is 0 Å². The van der Waals surface area contributed by atoms with Gasteiger partial charge in [0.15, 0.2) is 5.82 Å². The van der Waals surface area contributed by atoms with Gasteiger partial charge in [-0.25, -0.2) is 9.97 Å². The first-order valence-corrected chi connectivity index (χ1v) is 9.83. The number of imidazole rings is 1. The third-order valence-corrected chi connectivity index (χ3v) is 4.99. The van der Waals surface area contributed by atoms with Crippen molar-refractivity contribution < 1.29 is 5.11 Å². The molecule has 4 aromatic rings. The summed E-state index contributed by atoms with van der Waals surface area (Å²) < 4.78 is 1.85. The van der Waals surface area contributed by atoms with Gasteiger partial charge in [-0.3, -0.25) is 0 Å². The summed E-state index contributed by atoms with van der Waals surface area (Å²) in [5.41, 5.74) is 5.74. The molecule has 0 unspecified atom stereocenters. The number of nitrogens with one attached hydrogen (secondary N) is 1. The molecule has 0 amide bonds. The summed E-state index contributed by atoms with van der Waals surface area (Å²) in [4.78, 5) is 8.84. The van der Waals surface area contributed by atoms with Crippen molar-refractivity contribution in [2.45, 2.75) is 33.4 Å². The number of hydrogen-bond acceptors (Lipinski definition) is 6. The van der Waals surface area contributed by atoms with E-state index in [1.807, 2.05) is 61.0 Å². The molecular weight excluding hydrogens is 376 g/mol. The van der Waals surface area contributed by atoms with E-state index in [1.165, 1.54) is 5.56 Å². The molecule has 0 aliphatic carbocycles. The molecule has 0 aliphatic rings. The maximum Gasteiger partial charge on any atom is 0.152 e. The molecule has 0 radical (unpaired) electrons. The quantitative estimate of drug-likeness (QED) is 0.508. The van der Waals surface area contributed by atoms with Crippen LogP contribution in [-0.2, 0) is 6.61 Å². The van der Waals surface area contributed by atoms with Gasteiger partial charge in [0.05, 0.1) is 41.7 Å². The Bertz CT molecular complexity index is 1160. The lowest BCUT2D eigenvalue weighted by Gasteiger charge is -2.16. The maximum atomic E-state index is 9.82. The highest BCUT2D eigenvalue weighted by Crippen LogP contribution is 2.24. The number of rotatable bonds is 6. The molecular formula is C23H24N6O. The number of pyridine rings is 1. The van der Waals surface area contributed by atoms with Gasteiger partial charge in [0.2, 0.25) is 0 Å². The van der Waals surface area contributed by atoms with E-state index >= 15 is 0 Å². The minimum absolute atomic E-state index is 0.113. The van der Waals surface area contributed by atoms with Crippen LogP contribution in [0.15, 0.2) is 61.1 Å². The number of benzene rings is 1. The predicted octanol–water partition coefficient (Wildman–Crippen LogP) is 4.01. The van der Waals surface area contributed by atoms with Crippen LogP contribution in [0.3, 0.4) is 0 Å². The van der Waals surface area contributed by atoms with Gasteiger partial charge in [0, 0.05) is 6.20 Å². The first-order chi connectivity index (χ1) is 14.5. The Kier molecular flexibility index (Phi) is 5.54. The first kappa shape index (κ1) is 19.7. The van der Waals surface area contributed by atoms with Crippen LogP contribution in [0.2, 0.25) is 0 Å². The smallest absolute Gasteiger partial charge is 0.152 e. The monoisotopic (exact) mass is 400 g/mol. The van der Waals surface area contributed by atoms with E-state index in [-0.39, 0.29) is 12.6 Å². The zero-order chi connectivity index (χ0) is 21.1. The van der Waals surface area contributed by atoms with E-state index in [2.05, 4.69) is 44.5 Å². The molecule has 30 heavy (non-hydrogen) atoms. The summed E-state index contributed by atoms with van der Waals surface area (Å²) in [6, 6.07) is 16.1. The molecule has 7 heteroatoms. The number of aryl methyl sites for hydroxylation is 2. The summed E-state index contributed by atoms with van der Waals surface area (Å²) in [6.45, 7) is 5.83. The Hall–Kier alpha value is -3.58. The van der Waals surface area contributed by atoms with Gasteiger partial charge in [-0.05, 0) is 50.1 Å². The second-order valence-electron chi connectivity index (χ2n) is 7.28. The lowest BCUT2D eigenvalue weighted by Crippen LogP contribution is -2.10. The second-order valence-corrected chi connectivity index (χ2v) is 7.28. The summed E-state index contributed by atoms with van der Waals surface area (Å²) in [5, 5.41) is 22.0. The Labute approximate surface area is 175 Å². The molecule has 0 aliphatic heterocycles. The molecule has 0 spiro atoms. The van der Waals surface area contributed by atoms with Gasteiger partial charge in [0.25, 0.3) is 0 Å². The Balaban J connectivity index is 1.59. The van der Waals surface area contributed by atoms with Crippen molar-refractivity contribution in [2.75, 3.05) is 5.32 Å². The highest BCUT2D eigenvalue weighted by atomic mass is 16.3. The van der Waals surface area contributed by atoms with Gasteiger partial charge >= 0.3 is 0 Å². The van der Waals surface area contributed by atoms with E-state index < -0.39 is 0 Å². The molecule has 0 saturated carbocycles. The van der Waals surface area contributed by atoms with Crippen LogP contribution in [0.5, 0.6) is 0 Å². The molecule has 4 rings (SSSR count). The van der Waals surface area contributed by atoms with E-state index in [1.54, 1.807) is 6.33 Å². The largest absolute Gasteiger partial charge is 0.390 e. The Morgan fingerprint density at radius 2 is 1.83 bits per heavy atom. The number of aliphatic hydroxyl groups is 1. The molecule has 0 fully saturated rings. The Morgan fingerprint density at radius 1 is 1.03 bits per heavy atom.